The third-order valence-corrected chi connectivity index (χ3v) is 1.92. The Morgan fingerprint density at radius 3 is 2.00 bits per heavy atom. The maximum atomic E-state index is 12.0. The first kappa shape index (κ1) is 11.5. The normalized spacial score (nSPS) is 13.1. The van der Waals surface area contributed by atoms with Gasteiger partial charge in [0.2, 0.25) is 6.43 Å². The van der Waals surface area contributed by atoms with E-state index in [0.717, 1.165) is 12.1 Å². The smallest absolute Gasteiger partial charge is 0.240 e. The Bertz CT molecular complexity index is 334. The van der Waals surface area contributed by atoms with E-state index >= 15 is 0 Å². The Labute approximate surface area is 84.6 Å². The molecule has 15 heavy (non-hydrogen) atoms. The monoisotopic (exact) mass is 219 g/mol. The summed E-state index contributed by atoms with van der Waals surface area (Å²) < 4.78 is 24.0. The molecule has 0 aliphatic heterocycles. The molecule has 0 fully saturated rings. The lowest BCUT2D eigenvalue weighted by molar-refractivity contribution is 0.127. The lowest BCUT2D eigenvalue weighted by Crippen LogP contribution is -2.14. The molecule has 0 saturated carbocycles. The molecule has 0 amide bonds. The Morgan fingerprint density at radius 1 is 1.13 bits per heavy atom. The van der Waals surface area contributed by atoms with Crippen LogP contribution in [0.25, 0.3) is 0 Å². The van der Waals surface area contributed by atoms with E-state index in [2.05, 4.69) is 0 Å². The first-order valence-corrected chi connectivity index (χ1v) is 4.20. The quantitative estimate of drug-likeness (QED) is 0.619. The third-order valence-electron chi connectivity index (χ3n) is 1.92. The van der Waals surface area contributed by atoms with Gasteiger partial charge in [-0.3, -0.25) is 0 Å². The molecular formula is C9H11F2NO3. The fourth-order valence-electron chi connectivity index (χ4n) is 1.30. The topological polar surface area (TPSA) is 86.7 Å². The maximum absolute atomic E-state index is 12.0. The zero-order valence-electron chi connectivity index (χ0n) is 7.69. The Hall–Kier alpha value is -1.56. The summed E-state index contributed by atoms with van der Waals surface area (Å²) in [6.45, 7) is 0. The Morgan fingerprint density at radius 2 is 1.60 bits per heavy atom. The average molecular weight is 219 g/mol. The van der Waals surface area contributed by atoms with Crippen LogP contribution in [0.15, 0.2) is 12.1 Å². The van der Waals surface area contributed by atoms with E-state index in [0.29, 0.717) is 0 Å². The van der Waals surface area contributed by atoms with Crippen LogP contribution in [0.1, 0.15) is 18.0 Å². The number of nitrogens with two attached hydrogens (primary N) is 1. The summed E-state index contributed by atoms with van der Waals surface area (Å²) in [7, 11) is 0. The highest BCUT2D eigenvalue weighted by Crippen LogP contribution is 2.37. The highest BCUT2D eigenvalue weighted by molar-refractivity contribution is 5.50. The van der Waals surface area contributed by atoms with E-state index in [9.17, 15) is 19.0 Å². The van der Waals surface area contributed by atoms with Crippen molar-refractivity contribution in [3.8, 4) is 17.2 Å². The van der Waals surface area contributed by atoms with Gasteiger partial charge in [-0.2, -0.15) is 0 Å². The molecule has 1 rings (SSSR count). The fourth-order valence-corrected chi connectivity index (χ4v) is 1.30. The second-order valence-electron chi connectivity index (χ2n) is 3.13. The molecule has 4 nitrogen and oxygen atoms in total. The van der Waals surface area contributed by atoms with Crippen LogP contribution < -0.4 is 5.73 Å². The molecular weight excluding hydrogens is 208 g/mol. The molecule has 84 valence electrons. The van der Waals surface area contributed by atoms with Gasteiger partial charge in [-0.1, -0.05) is 0 Å². The van der Waals surface area contributed by atoms with Gasteiger partial charge in [0.1, 0.15) is 17.2 Å². The molecule has 1 aromatic carbocycles. The number of rotatable bonds is 3. The molecule has 0 bridgehead atoms. The molecule has 1 atom stereocenters. The first-order chi connectivity index (χ1) is 6.91. The summed E-state index contributed by atoms with van der Waals surface area (Å²) in [5.74, 6) is -1.36. The summed E-state index contributed by atoms with van der Waals surface area (Å²) in [5.41, 5.74) is 5.18. The Kier molecular flexibility index (Phi) is 3.31. The molecule has 0 spiro atoms. The molecule has 0 heterocycles. The molecule has 1 aromatic rings. The minimum absolute atomic E-state index is 0.187. The lowest BCUT2D eigenvalue weighted by atomic mass is 10.0. The van der Waals surface area contributed by atoms with Crippen molar-refractivity contribution in [2.45, 2.75) is 18.9 Å². The minimum Gasteiger partial charge on any atom is -0.508 e. The van der Waals surface area contributed by atoms with Gasteiger partial charge >= 0.3 is 0 Å². The Balaban J connectivity index is 3.03. The third kappa shape index (κ3) is 2.69. The van der Waals surface area contributed by atoms with E-state index in [1.54, 1.807) is 0 Å². The second-order valence-corrected chi connectivity index (χ2v) is 3.13. The van der Waals surface area contributed by atoms with Crippen LogP contribution in [-0.4, -0.2) is 21.7 Å². The van der Waals surface area contributed by atoms with Crippen molar-refractivity contribution in [3.63, 3.8) is 0 Å². The number of benzene rings is 1. The average Bonchev–Trinajstić information content (AvgIpc) is 1.99. The zero-order valence-corrected chi connectivity index (χ0v) is 7.69. The standard InChI is InChI=1S/C9H11F2NO3/c10-8(11)3-5(12)9-6(14)1-4(13)2-7(9)15/h1-2,5,8,13-15H,3,12H2/t5-/m1/s1. The number of alkyl halides is 2. The number of halogens is 2. The van der Waals surface area contributed by atoms with Crippen LogP contribution in [0.3, 0.4) is 0 Å². The number of phenols is 3. The van der Waals surface area contributed by atoms with E-state index in [1.165, 1.54) is 0 Å². The van der Waals surface area contributed by atoms with Crippen LogP contribution in [-0.2, 0) is 0 Å². The number of hydrogen-bond donors (Lipinski definition) is 4. The van der Waals surface area contributed by atoms with Gasteiger partial charge in [0.25, 0.3) is 0 Å². The van der Waals surface area contributed by atoms with Gasteiger partial charge in [-0.15, -0.1) is 0 Å². The minimum atomic E-state index is -2.63. The van der Waals surface area contributed by atoms with E-state index in [-0.39, 0.29) is 11.3 Å². The number of phenolic OH excluding ortho intramolecular Hbond substituents is 3. The largest absolute Gasteiger partial charge is 0.508 e. The molecule has 0 aliphatic carbocycles. The van der Waals surface area contributed by atoms with E-state index in [1.807, 2.05) is 0 Å². The van der Waals surface area contributed by atoms with Crippen molar-refractivity contribution in [2.75, 3.05) is 0 Å². The van der Waals surface area contributed by atoms with Crippen LogP contribution in [0.5, 0.6) is 17.2 Å². The molecule has 0 saturated heterocycles. The number of aromatic hydroxyl groups is 3. The van der Waals surface area contributed by atoms with E-state index < -0.39 is 30.4 Å². The first-order valence-electron chi connectivity index (χ1n) is 4.20. The van der Waals surface area contributed by atoms with Crippen LogP contribution in [0.4, 0.5) is 8.78 Å². The van der Waals surface area contributed by atoms with Gasteiger partial charge in [0, 0.05) is 24.6 Å². The van der Waals surface area contributed by atoms with Gasteiger partial charge in [0.05, 0.1) is 5.56 Å². The van der Waals surface area contributed by atoms with E-state index in [4.69, 9.17) is 10.8 Å². The van der Waals surface area contributed by atoms with Crippen molar-refractivity contribution in [1.82, 2.24) is 0 Å². The van der Waals surface area contributed by atoms with Crippen molar-refractivity contribution in [2.24, 2.45) is 5.73 Å². The van der Waals surface area contributed by atoms with Gasteiger partial charge in [-0.25, -0.2) is 8.78 Å². The summed E-state index contributed by atoms with van der Waals surface area (Å²) in [6.07, 6.45) is -3.31. The molecule has 5 N–H and O–H groups in total. The zero-order chi connectivity index (χ0) is 11.6. The summed E-state index contributed by atoms with van der Waals surface area (Å²) in [4.78, 5) is 0. The maximum Gasteiger partial charge on any atom is 0.240 e. The van der Waals surface area contributed by atoms with Gasteiger partial charge < -0.3 is 21.1 Å². The van der Waals surface area contributed by atoms with Crippen molar-refractivity contribution in [3.05, 3.63) is 17.7 Å². The van der Waals surface area contributed by atoms with Crippen molar-refractivity contribution in [1.29, 1.82) is 0 Å². The molecule has 0 aromatic heterocycles. The SMILES string of the molecule is N[C@H](CC(F)F)c1c(O)cc(O)cc1O. The fraction of sp³-hybridized carbons (Fsp3) is 0.333. The number of hydrogen-bond acceptors (Lipinski definition) is 4. The van der Waals surface area contributed by atoms with Gasteiger partial charge in [-0.05, 0) is 0 Å². The summed E-state index contributed by atoms with van der Waals surface area (Å²) in [5, 5.41) is 27.6. The molecule has 0 radical (unpaired) electrons. The predicted molar refractivity (Wildman–Crippen MR) is 49.0 cm³/mol. The molecule has 0 aliphatic rings. The van der Waals surface area contributed by atoms with Crippen molar-refractivity contribution < 1.29 is 24.1 Å². The molecule has 0 unspecified atom stereocenters. The predicted octanol–water partition coefficient (Wildman–Crippen LogP) is 1.46. The van der Waals surface area contributed by atoms with Crippen LogP contribution >= 0.6 is 0 Å². The van der Waals surface area contributed by atoms with Crippen LogP contribution in [0, 0.1) is 0 Å². The van der Waals surface area contributed by atoms with Gasteiger partial charge in [0.15, 0.2) is 0 Å². The second kappa shape index (κ2) is 4.31. The van der Waals surface area contributed by atoms with Crippen molar-refractivity contribution >= 4 is 0 Å². The summed E-state index contributed by atoms with van der Waals surface area (Å²) in [6, 6.07) is 0.687. The highest BCUT2D eigenvalue weighted by atomic mass is 19.3. The summed E-state index contributed by atoms with van der Waals surface area (Å²) >= 11 is 0. The lowest BCUT2D eigenvalue weighted by Gasteiger charge is -2.14. The van der Waals surface area contributed by atoms with Crippen LogP contribution in [0.2, 0.25) is 0 Å². The highest BCUT2D eigenvalue weighted by Gasteiger charge is 2.20. The molecule has 6 heteroatoms.